The molecule has 10 aromatic rings. The molecule has 2 heterocycles. The number of hydrogen-bond acceptors (Lipinski definition) is 5. The van der Waals surface area contributed by atoms with Crippen LogP contribution in [0.3, 0.4) is 0 Å². The molecular formula is C52H32N4O. The number of fused-ring (bicyclic) bond motifs is 3. The first-order chi connectivity index (χ1) is 28.2. The van der Waals surface area contributed by atoms with E-state index in [4.69, 9.17) is 19.4 Å². The Morgan fingerprint density at radius 2 is 0.842 bits per heavy atom. The molecule has 0 aliphatic heterocycles. The molecule has 10 rings (SSSR count). The van der Waals surface area contributed by atoms with E-state index in [-0.39, 0.29) is 0 Å². The number of nitriles is 1. The van der Waals surface area contributed by atoms with E-state index in [1.165, 1.54) is 11.1 Å². The molecule has 5 nitrogen and oxygen atoms in total. The number of hydrogen-bond donors (Lipinski definition) is 0. The van der Waals surface area contributed by atoms with Crippen molar-refractivity contribution in [3.8, 4) is 84.7 Å². The van der Waals surface area contributed by atoms with Crippen molar-refractivity contribution in [3.05, 3.63) is 200 Å². The van der Waals surface area contributed by atoms with E-state index in [0.29, 0.717) is 23.0 Å². The van der Waals surface area contributed by atoms with Gasteiger partial charge in [0.05, 0.1) is 11.6 Å². The molecule has 0 saturated carbocycles. The number of aromatic nitrogens is 3. The fraction of sp³-hybridized carbons (Fsp3) is 0. The van der Waals surface area contributed by atoms with Gasteiger partial charge < -0.3 is 4.42 Å². The first kappa shape index (κ1) is 33.6. The molecular weight excluding hydrogens is 697 g/mol. The van der Waals surface area contributed by atoms with E-state index in [0.717, 1.165) is 72.0 Å². The lowest BCUT2D eigenvalue weighted by Crippen LogP contribution is -2.01. The van der Waals surface area contributed by atoms with Crippen LogP contribution in [0.15, 0.2) is 199 Å². The van der Waals surface area contributed by atoms with Crippen LogP contribution < -0.4 is 0 Å². The van der Waals surface area contributed by atoms with Gasteiger partial charge in [-0.05, 0) is 69.3 Å². The minimum atomic E-state index is 0.549. The Balaban J connectivity index is 1.14. The molecule has 0 spiro atoms. The molecule has 57 heavy (non-hydrogen) atoms. The second kappa shape index (κ2) is 14.4. The minimum Gasteiger partial charge on any atom is -0.455 e. The Morgan fingerprint density at radius 3 is 1.44 bits per heavy atom. The maximum absolute atomic E-state index is 9.26. The standard InChI is InChI=1S/C52H32N4O/c53-33-34-19-21-36(22-20-34)38-25-29-42(30-26-38)51-54-50(41-15-8-3-9-16-41)55-52(56-51)45-32-31-44-48-43(39-27-23-37(24-28-39)35-11-4-1-5-12-35)17-10-18-46(48)57-49(44)47(45)40-13-6-2-7-14-40/h1-32H. The van der Waals surface area contributed by atoms with Gasteiger partial charge in [-0.25, -0.2) is 15.0 Å². The summed E-state index contributed by atoms with van der Waals surface area (Å²) in [5, 5.41) is 11.3. The SMILES string of the molecule is N#Cc1ccc(-c2ccc(-c3nc(-c4ccccc4)nc(-c4ccc5c(oc6cccc(-c7ccc(-c8ccccc8)cc7)c65)c4-c4ccccc4)n3)cc2)cc1. The van der Waals surface area contributed by atoms with Gasteiger partial charge in [-0.3, -0.25) is 0 Å². The van der Waals surface area contributed by atoms with Gasteiger partial charge in [0, 0.05) is 33.0 Å². The summed E-state index contributed by atoms with van der Waals surface area (Å²) in [5.74, 6) is 1.69. The molecule has 0 bridgehead atoms. The molecule has 5 heteroatoms. The molecule has 0 aliphatic rings. The van der Waals surface area contributed by atoms with Crippen LogP contribution >= 0.6 is 0 Å². The van der Waals surface area contributed by atoms with Crippen LogP contribution in [0, 0.1) is 11.3 Å². The van der Waals surface area contributed by atoms with Crippen LogP contribution in [0.25, 0.3) is 101 Å². The summed E-state index contributed by atoms with van der Waals surface area (Å²) in [4.78, 5) is 15.3. The molecule has 0 radical (unpaired) electrons. The van der Waals surface area contributed by atoms with Gasteiger partial charge in [0.15, 0.2) is 17.5 Å². The summed E-state index contributed by atoms with van der Waals surface area (Å²) < 4.78 is 6.87. The minimum absolute atomic E-state index is 0.549. The molecule has 0 fully saturated rings. The van der Waals surface area contributed by atoms with Gasteiger partial charge in [-0.15, -0.1) is 0 Å². The van der Waals surface area contributed by atoms with Gasteiger partial charge in [-0.2, -0.15) is 5.26 Å². The number of nitrogens with zero attached hydrogens (tertiary/aromatic N) is 4. The van der Waals surface area contributed by atoms with Crippen LogP contribution in [0.4, 0.5) is 0 Å². The zero-order chi connectivity index (χ0) is 38.1. The van der Waals surface area contributed by atoms with Crippen molar-refractivity contribution in [1.29, 1.82) is 5.26 Å². The predicted octanol–water partition coefficient (Wildman–Crippen LogP) is 13.3. The van der Waals surface area contributed by atoms with E-state index < -0.39 is 0 Å². The molecule has 0 saturated heterocycles. The van der Waals surface area contributed by atoms with Gasteiger partial charge >= 0.3 is 0 Å². The van der Waals surface area contributed by atoms with E-state index in [9.17, 15) is 5.26 Å². The topological polar surface area (TPSA) is 75.6 Å². The molecule has 0 unspecified atom stereocenters. The van der Waals surface area contributed by atoms with Crippen molar-refractivity contribution >= 4 is 21.9 Å². The van der Waals surface area contributed by atoms with Crippen molar-refractivity contribution in [1.82, 2.24) is 15.0 Å². The Kier molecular flexibility index (Phi) is 8.48. The first-order valence-electron chi connectivity index (χ1n) is 18.8. The van der Waals surface area contributed by atoms with Crippen molar-refractivity contribution < 1.29 is 4.42 Å². The van der Waals surface area contributed by atoms with E-state index in [2.05, 4.69) is 103 Å². The first-order valence-corrected chi connectivity index (χ1v) is 18.8. The molecule has 0 atom stereocenters. The number of furan rings is 1. The average molecular weight is 729 g/mol. The van der Waals surface area contributed by atoms with Crippen LogP contribution in [0.5, 0.6) is 0 Å². The lowest BCUT2D eigenvalue weighted by molar-refractivity contribution is 0.670. The third-order valence-electron chi connectivity index (χ3n) is 10.4. The maximum atomic E-state index is 9.26. The quantitative estimate of drug-likeness (QED) is 0.163. The van der Waals surface area contributed by atoms with Crippen LogP contribution in [-0.2, 0) is 0 Å². The van der Waals surface area contributed by atoms with Gasteiger partial charge in [-0.1, -0.05) is 164 Å². The second-order valence-electron chi connectivity index (χ2n) is 13.9. The van der Waals surface area contributed by atoms with Gasteiger partial charge in [0.2, 0.25) is 0 Å². The monoisotopic (exact) mass is 728 g/mol. The van der Waals surface area contributed by atoms with Crippen molar-refractivity contribution in [2.75, 3.05) is 0 Å². The zero-order valence-corrected chi connectivity index (χ0v) is 30.7. The highest BCUT2D eigenvalue weighted by Gasteiger charge is 2.22. The Morgan fingerprint density at radius 1 is 0.368 bits per heavy atom. The van der Waals surface area contributed by atoms with E-state index >= 15 is 0 Å². The molecule has 0 aliphatic carbocycles. The second-order valence-corrected chi connectivity index (χ2v) is 13.9. The summed E-state index contributed by atoms with van der Waals surface area (Å²) in [5.41, 5.74) is 13.4. The van der Waals surface area contributed by atoms with Crippen molar-refractivity contribution in [2.24, 2.45) is 0 Å². The van der Waals surface area contributed by atoms with Crippen LogP contribution in [0.2, 0.25) is 0 Å². The lowest BCUT2D eigenvalue weighted by Gasteiger charge is -2.13. The summed E-state index contributed by atoms with van der Waals surface area (Å²) in [7, 11) is 0. The lowest BCUT2D eigenvalue weighted by atomic mass is 9.93. The normalized spacial score (nSPS) is 11.1. The Labute approximate surface area is 329 Å². The van der Waals surface area contributed by atoms with Crippen LogP contribution in [0.1, 0.15) is 5.56 Å². The summed E-state index contributed by atoms with van der Waals surface area (Å²) >= 11 is 0. The zero-order valence-electron chi connectivity index (χ0n) is 30.7. The highest BCUT2D eigenvalue weighted by molar-refractivity contribution is 6.17. The van der Waals surface area contributed by atoms with Crippen LogP contribution in [-0.4, -0.2) is 15.0 Å². The summed E-state index contributed by atoms with van der Waals surface area (Å²) in [6, 6.07) is 68.1. The molecule has 2 aromatic heterocycles. The maximum Gasteiger partial charge on any atom is 0.164 e. The molecule has 8 aromatic carbocycles. The highest BCUT2D eigenvalue weighted by atomic mass is 16.3. The fourth-order valence-electron chi connectivity index (χ4n) is 7.57. The fourth-order valence-corrected chi connectivity index (χ4v) is 7.57. The number of benzene rings is 8. The average Bonchev–Trinajstić information content (AvgIpc) is 3.69. The van der Waals surface area contributed by atoms with Crippen molar-refractivity contribution in [3.63, 3.8) is 0 Å². The van der Waals surface area contributed by atoms with E-state index in [1.54, 1.807) is 0 Å². The van der Waals surface area contributed by atoms with Crippen molar-refractivity contribution in [2.45, 2.75) is 0 Å². The predicted molar refractivity (Wildman–Crippen MR) is 230 cm³/mol. The third kappa shape index (κ3) is 6.32. The number of rotatable bonds is 7. The van der Waals surface area contributed by atoms with E-state index in [1.807, 2.05) is 97.1 Å². The highest BCUT2D eigenvalue weighted by Crippen LogP contribution is 2.44. The Bertz CT molecular complexity index is 3080. The molecule has 0 N–H and O–H groups in total. The summed E-state index contributed by atoms with van der Waals surface area (Å²) in [6.45, 7) is 0. The molecule has 0 amide bonds. The smallest absolute Gasteiger partial charge is 0.164 e. The molecule has 266 valence electrons. The summed E-state index contributed by atoms with van der Waals surface area (Å²) in [6.07, 6.45) is 0. The Hall–Kier alpha value is -7.94. The largest absolute Gasteiger partial charge is 0.455 e. The third-order valence-corrected chi connectivity index (χ3v) is 10.4. The van der Waals surface area contributed by atoms with Gasteiger partial charge in [0.1, 0.15) is 11.2 Å². The van der Waals surface area contributed by atoms with Gasteiger partial charge in [0.25, 0.3) is 0 Å².